The summed E-state index contributed by atoms with van der Waals surface area (Å²) < 4.78 is 54.4. The van der Waals surface area contributed by atoms with Crippen LogP contribution in [0, 0.1) is 29.6 Å². The van der Waals surface area contributed by atoms with Gasteiger partial charge in [-0.15, -0.1) is 0 Å². The lowest BCUT2D eigenvalue weighted by atomic mass is 9.93. The minimum absolute atomic E-state index is 0. The van der Waals surface area contributed by atoms with Crippen molar-refractivity contribution in [2.75, 3.05) is 0 Å². The second-order valence-electron chi connectivity index (χ2n) is 15.2. The van der Waals surface area contributed by atoms with Crippen LogP contribution in [0.2, 0.25) is 0 Å². The first-order chi connectivity index (χ1) is 21.5. The van der Waals surface area contributed by atoms with E-state index in [2.05, 4.69) is 55.4 Å². The third kappa shape index (κ3) is 12.1. The van der Waals surface area contributed by atoms with Crippen LogP contribution in [0.5, 0.6) is 0 Å². The highest BCUT2D eigenvalue weighted by Gasteiger charge is 2.46. The minimum atomic E-state index is -1.06. The number of rotatable bonds is 11. The highest BCUT2D eigenvalue weighted by molar-refractivity contribution is 4.81. The molecule has 3 rings (SSSR count). The van der Waals surface area contributed by atoms with Crippen molar-refractivity contribution in [2.45, 2.75) is 217 Å². The van der Waals surface area contributed by atoms with Gasteiger partial charge in [0.2, 0.25) is 0 Å². The van der Waals surface area contributed by atoms with Crippen molar-refractivity contribution in [3.63, 3.8) is 0 Å². The van der Waals surface area contributed by atoms with Crippen LogP contribution in [-0.2, 0) is 42.6 Å². The smallest absolute Gasteiger partial charge is 0.280 e. The molecule has 288 valence electrons. The first kappa shape index (κ1) is 45.6. The van der Waals surface area contributed by atoms with E-state index in [4.69, 9.17) is 42.6 Å². The number of ether oxygens (including phenoxy) is 9. The molecule has 12 atom stereocenters. The maximum atomic E-state index is 9.59. The lowest BCUT2D eigenvalue weighted by molar-refractivity contribution is -0.452. The fourth-order valence-electron chi connectivity index (χ4n) is 6.80. The lowest BCUT2D eigenvalue weighted by Gasteiger charge is -2.47. The van der Waals surface area contributed by atoms with Gasteiger partial charge in [0.15, 0.2) is 0 Å². The molecule has 48 heavy (non-hydrogen) atoms. The van der Waals surface area contributed by atoms with Gasteiger partial charge >= 0.3 is 0 Å². The topological polar surface area (TPSA) is 103 Å². The molecule has 3 fully saturated rings. The predicted molar refractivity (Wildman–Crippen MR) is 189 cm³/mol. The summed E-state index contributed by atoms with van der Waals surface area (Å²) >= 11 is 0. The van der Waals surface area contributed by atoms with Crippen molar-refractivity contribution in [3.05, 3.63) is 0 Å². The molecule has 3 heterocycles. The number of aliphatic hydroxyl groups excluding tert-OH is 1. The molecule has 12 unspecified atom stereocenters. The molecule has 3 aliphatic heterocycles. The third-order valence-corrected chi connectivity index (χ3v) is 11.2. The van der Waals surface area contributed by atoms with E-state index in [9.17, 15) is 5.11 Å². The summed E-state index contributed by atoms with van der Waals surface area (Å²) in [6.45, 7) is 36.1. The van der Waals surface area contributed by atoms with Crippen molar-refractivity contribution in [3.8, 4) is 0 Å². The van der Waals surface area contributed by atoms with E-state index < -0.39 is 24.0 Å². The van der Waals surface area contributed by atoms with Gasteiger partial charge in [-0.25, -0.2) is 0 Å². The number of aliphatic hydroxyl groups is 1. The highest BCUT2D eigenvalue weighted by atomic mass is 16.9. The van der Waals surface area contributed by atoms with Crippen LogP contribution >= 0.6 is 0 Å². The van der Waals surface area contributed by atoms with Crippen molar-refractivity contribution in [1.29, 1.82) is 0 Å². The number of hydrogen-bond acceptors (Lipinski definition) is 10. The summed E-state index contributed by atoms with van der Waals surface area (Å²) in [5.74, 6) is -2.01. The summed E-state index contributed by atoms with van der Waals surface area (Å²) in [6, 6.07) is 0. The first-order valence-electron chi connectivity index (χ1n) is 18.2. The maximum Gasteiger partial charge on any atom is 0.280 e. The Hall–Kier alpha value is -0.400. The molecule has 10 nitrogen and oxygen atoms in total. The zero-order chi connectivity index (χ0) is 36.2. The Kier molecular flexibility index (Phi) is 17.5. The standard InChI is InChI=1S/C23H44O6.C14H28O4.CH4/c1-12-21-19(8)28-23(11,29-20(21)9)27-18(7)14(3)17(6)26-22(10)24-15(4)13(2)16(5)25-22;1-8(10(3)15)11(4)16-14(7)17-12(5)9(2)13(6)18-14;/h13-21H,12H2,1-11H3;8-13,15H,1-7H3;1H4. The molecule has 0 aromatic heterocycles. The van der Waals surface area contributed by atoms with E-state index >= 15 is 0 Å². The highest BCUT2D eigenvalue weighted by Crippen LogP contribution is 2.38. The quantitative estimate of drug-likeness (QED) is 0.228. The molecular weight excluding hydrogens is 616 g/mol. The summed E-state index contributed by atoms with van der Waals surface area (Å²) in [4.78, 5) is 0. The van der Waals surface area contributed by atoms with Gasteiger partial charge in [-0.05, 0) is 75.7 Å². The molecule has 0 saturated carbocycles. The molecule has 3 aliphatic rings. The molecule has 10 heteroatoms. The summed E-state index contributed by atoms with van der Waals surface area (Å²) in [5.41, 5.74) is 0. The van der Waals surface area contributed by atoms with Crippen LogP contribution < -0.4 is 0 Å². The van der Waals surface area contributed by atoms with Crippen LogP contribution in [0.1, 0.15) is 138 Å². The molecule has 3 saturated heterocycles. The van der Waals surface area contributed by atoms with E-state index in [0.717, 1.165) is 6.42 Å². The minimum Gasteiger partial charge on any atom is -0.393 e. The Morgan fingerprint density at radius 2 is 0.750 bits per heavy atom. The Bertz CT molecular complexity index is 895. The van der Waals surface area contributed by atoms with E-state index in [1.54, 1.807) is 13.8 Å². The van der Waals surface area contributed by atoms with Crippen LogP contribution in [0.3, 0.4) is 0 Å². The monoisotopic (exact) mass is 693 g/mol. The fourth-order valence-corrected chi connectivity index (χ4v) is 6.80. The molecule has 0 aliphatic carbocycles. The van der Waals surface area contributed by atoms with E-state index in [1.165, 1.54) is 0 Å². The molecule has 0 radical (unpaired) electrons. The molecule has 0 bridgehead atoms. The van der Waals surface area contributed by atoms with Gasteiger partial charge in [0.25, 0.3) is 17.9 Å². The van der Waals surface area contributed by atoms with E-state index in [1.807, 2.05) is 55.4 Å². The summed E-state index contributed by atoms with van der Waals surface area (Å²) in [5, 5.41) is 9.59. The fraction of sp³-hybridized carbons (Fsp3) is 1.00. The lowest BCUT2D eigenvalue weighted by Crippen LogP contribution is -2.55. The van der Waals surface area contributed by atoms with Crippen molar-refractivity contribution in [2.24, 2.45) is 29.6 Å². The molecule has 1 N–H and O–H groups in total. The predicted octanol–water partition coefficient (Wildman–Crippen LogP) is 8.27. The van der Waals surface area contributed by atoms with E-state index in [-0.39, 0.29) is 74.2 Å². The zero-order valence-corrected chi connectivity index (χ0v) is 33.0. The maximum absolute atomic E-state index is 9.59. The first-order valence-corrected chi connectivity index (χ1v) is 18.2. The van der Waals surface area contributed by atoms with Crippen LogP contribution in [0.25, 0.3) is 0 Å². The normalized spacial score (nSPS) is 44.2. The van der Waals surface area contributed by atoms with Gasteiger partial charge < -0.3 is 47.7 Å². The average Bonchev–Trinajstić information content (AvgIpc) is 2.93. The second-order valence-corrected chi connectivity index (χ2v) is 15.2. The van der Waals surface area contributed by atoms with E-state index in [0.29, 0.717) is 17.8 Å². The largest absolute Gasteiger partial charge is 0.393 e. The second kappa shape index (κ2) is 18.4. The average molecular weight is 693 g/mol. The zero-order valence-electron chi connectivity index (χ0n) is 33.0. The van der Waals surface area contributed by atoms with Crippen molar-refractivity contribution < 1.29 is 47.7 Å². The Balaban J connectivity index is 0.000000523. The summed E-state index contributed by atoms with van der Waals surface area (Å²) in [6.07, 6.45) is 0.653. The van der Waals surface area contributed by atoms with Crippen molar-refractivity contribution >= 4 is 0 Å². The van der Waals surface area contributed by atoms with Crippen LogP contribution in [0.15, 0.2) is 0 Å². The molecule has 0 aromatic rings. The van der Waals surface area contributed by atoms with Gasteiger partial charge in [-0.2, -0.15) is 0 Å². The number of hydrogen-bond donors (Lipinski definition) is 1. The summed E-state index contributed by atoms with van der Waals surface area (Å²) in [7, 11) is 0. The van der Waals surface area contributed by atoms with Crippen molar-refractivity contribution in [1.82, 2.24) is 0 Å². The third-order valence-electron chi connectivity index (χ3n) is 11.2. The van der Waals surface area contributed by atoms with Gasteiger partial charge in [0, 0.05) is 50.4 Å². The Morgan fingerprint density at radius 3 is 1.00 bits per heavy atom. The van der Waals surface area contributed by atoms with Crippen LogP contribution in [-0.4, -0.2) is 84.1 Å². The Morgan fingerprint density at radius 1 is 0.500 bits per heavy atom. The van der Waals surface area contributed by atoms with Crippen LogP contribution in [0.4, 0.5) is 0 Å². The van der Waals surface area contributed by atoms with Gasteiger partial charge in [0.1, 0.15) is 0 Å². The van der Waals surface area contributed by atoms with Gasteiger partial charge in [0.05, 0.1) is 61.0 Å². The Labute approximate surface area is 294 Å². The SMILES string of the molecule is C.CC(O)C(C)C(C)OC1(C)OC(C)C(C)C(C)O1.CCC1C(C)OC(C)(OC(C)C(C)C(C)OC2(C)OC(C)C(C)C(C)O2)OC1C. The molecule has 0 spiro atoms. The molecule has 0 aromatic carbocycles. The molecular formula is C38H76O10. The van der Waals surface area contributed by atoms with Gasteiger partial charge in [-0.1, -0.05) is 42.0 Å². The molecule has 0 amide bonds. The van der Waals surface area contributed by atoms with Gasteiger partial charge in [-0.3, -0.25) is 0 Å².